The smallest absolute Gasteiger partial charge is 0.369 e. The summed E-state index contributed by atoms with van der Waals surface area (Å²) in [6, 6.07) is 6.05. The zero-order valence-corrected chi connectivity index (χ0v) is 15.3. The molecule has 8 heteroatoms. The van der Waals surface area contributed by atoms with Gasteiger partial charge in [-0.3, -0.25) is 9.78 Å². The molecule has 0 radical (unpaired) electrons. The number of amides is 1. The summed E-state index contributed by atoms with van der Waals surface area (Å²) in [6.07, 6.45) is -2.16. The van der Waals surface area contributed by atoms with Crippen molar-refractivity contribution in [1.29, 1.82) is 0 Å². The number of rotatable bonds is 4. The third-order valence-corrected chi connectivity index (χ3v) is 4.88. The maximum atomic E-state index is 13.3. The van der Waals surface area contributed by atoms with Gasteiger partial charge in [0.25, 0.3) is 0 Å². The molecule has 1 aliphatic rings. The number of nitrogens with one attached hydrogen (secondary N) is 2. The molecule has 1 fully saturated rings. The summed E-state index contributed by atoms with van der Waals surface area (Å²) < 4.78 is 40.0. The average molecular weight is 380 g/mol. The highest BCUT2D eigenvalue weighted by atomic mass is 19.4. The van der Waals surface area contributed by atoms with Crippen LogP contribution in [-0.4, -0.2) is 43.6 Å². The van der Waals surface area contributed by atoms with Crippen molar-refractivity contribution in [3.8, 4) is 0 Å². The summed E-state index contributed by atoms with van der Waals surface area (Å²) in [5.41, 5.74) is -0.0128. The van der Waals surface area contributed by atoms with Crippen LogP contribution in [0.5, 0.6) is 0 Å². The molecular weight excluding hydrogens is 357 g/mol. The predicted octanol–water partition coefficient (Wildman–Crippen LogP) is 2.80. The number of hydrogen-bond acceptors (Lipinski definition) is 4. The molecule has 2 aromatic rings. The van der Waals surface area contributed by atoms with Crippen molar-refractivity contribution >= 4 is 22.5 Å². The summed E-state index contributed by atoms with van der Waals surface area (Å²) in [5, 5.41) is 6.30. The van der Waals surface area contributed by atoms with Crippen LogP contribution in [0.3, 0.4) is 0 Å². The van der Waals surface area contributed by atoms with E-state index in [0.717, 1.165) is 24.7 Å². The Bertz CT molecular complexity index is 824. The fourth-order valence-corrected chi connectivity index (χ4v) is 3.68. The average Bonchev–Trinajstić information content (AvgIpc) is 2.63. The molecule has 1 aromatic heterocycles. The van der Waals surface area contributed by atoms with Crippen LogP contribution in [0.4, 0.5) is 18.9 Å². The lowest BCUT2D eigenvalue weighted by atomic mass is 9.94. The second-order valence-corrected chi connectivity index (χ2v) is 7.03. The Morgan fingerprint density at radius 3 is 2.78 bits per heavy atom. The summed E-state index contributed by atoms with van der Waals surface area (Å²) in [4.78, 5) is 17.6. The largest absolute Gasteiger partial charge is 0.418 e. The van der Waals surface area contributed by atoms with Crippen LogP contribution in [0, 0.1) is 5.92 Å². The molecule has 2 atom stereocenters. The SMILES string of the molecule is CNC(=O)CN[C@@H]1C[C@H](C)CN(c2ccc(C(F)(F)F)c3ncccc23)C1. The molecule has 0 unspecified atom stereocenters. The Hall–Kier alpha value is -2.35. The molecule has 1 saturated heterocycles. The molecule has 2 N–H and O–H groups in total. The van der Waals surface area contributed by atoms with Crippen LogP contribution >= 0.6 is 0 Å². The van der Waals surface area contributed by atoms with E-state index in [1.54, 1.807) is 19.2 Å². The first kappa shape index (κ1) is 19.4. The van der Waals surface area contributed by atoms with E-state index < -0.39 is 11.7 Å². The first-order valence-corrected chi connectivity index (χ1v) is 8.93. The van der Waals surface area contributed by atoms with Gasteiger partial charge in [-0.1, -0.05) is 6.92 Å². The summed E-state index contributed by atoms with van der Waals surface area (Å²) in [7, 11) is 1.58. The number of fused-ring (bicyclic) bond motifs is 1. The number of carbonyl (C=O) groups excluding carboxylic acids is 1. The van der Waals surface area contributed by atoms with Crippen LogP contribution in [0.1, 0.15) is 18.9 Å². The Morgan fingerprint density at radius 2 is 2.07 bits per heavy atom. The quantitative estimate of drug-likeness (QED) is 0.857. The Labute approximate surface area is 155 Å². The van der Waals surface area contributed by atoms with Gasteiger partial charge in [-0.15, -0.1) is 0 Å². The van der Waals surface area contributed by atoms with Crippen LogP contribution in [0.15, 0.2) is 30.5 Å². The summed E-state index contributed by atoms with van der Waals surface area (Å²) >= 11 is 0. The number of pyridine rings is 1. The number of hydrogen-bond donors (Lipinski definition) is 2. The van der Waals surface area contributed by atoms with Crippen LogP contribution in [-0.2, 0) is 11.0 Å². The number of nitrogens with zero attached hydrogens (tertiary/aromatic N) is 2. The molecule has 0 saturated carbocycles. The van der Waals surface area contributed by atoms with Crippen molar-refractivity contribution < 1.29 is 18.0 Å². The lowest BCUT2D eigenvalue weighted by molar-refractivity contribution is -0.136. The highest BCUT2D eigenvalue weighted by Gasteiger charge is 2.34. The third-order valence-electron chi connectivity index (χ3n) is 4.88. The van der Waals surface area contributed by atoms with Gasteiger partial charge >= 0.3 is 6.18 Å². The van der Waals surface area contributed by atoms with Gasteiger partial charge in [-0.2, -0.15) is 13.2 Å². The first-order valence-electron chi connectivity index (χ1n) is 8.93. The van der Waals surface area contributed by atoms with Gasteiger partial charge in [0, 0.05) is 43.4 Å². The number of likely N-dealkylation sites (N-methyl/N-ethyl adjacent to an activating group) is 1. The van der Waals surface area contributed by atoms with E-state index in [9.17, 15) is 18.0 Å². The number of benzene rings is 1. The molecule has 0 bridgehead atoms. The predicted molar refractivity (Wildman–Crippen MR) is 98.6 cm³/mol. The van der Waals surface area contributed by atoms with E-state index in [4.69, 9.17) is 0 Å². The number of alkyl halides is 3. The monoisotopic (exact) mass is 380 g/mol. The number of piperidine rings is 1. The molecule has 0 aliphatic carbocycles. The lowest BCUT2D eigenvalue weighted by Gasteiger charge is -2.39. The second-order valence-electron chi connectivity index (χ2n) is 7.03. The van der Waals surface area contributed by atoms with Gasteiger partial charge in [0.1, 0.15) is 0 Å². The topological polar surface area (TPSA) is 57.3 Å². The van der Waals surface area contributed by atoms with Crippen molar-refractivity contribution in [3.63, 3.8) is 0 Å². The van der Waals surface area contributed by atoms with Gasteiger partial charge < -0.3 is 15.5 Å². The highest BCUT2D eigenvalue weighted by Crippen LogP contribution is 2.38. The summed E-state index contributed by atoms with van der Waals surface area (Å²) in [6.45, 7) is 3.69. The summed E-state index contributed by atoms with van der Waals surface area (Å²) in [5.74, 6) is 0.249. The van der Waals surface area contributed by atoms with Crippen molar-refractivity contribution in [2.45, 2.75) is 25.6 Å². The molecule has 1 aliphatic heterocycles. The van der Waals surface area contributed by atoms with E-state index in [2.05, 4.69) is 27.4 Å². The second kappa shape index (κ2) is 7.72. The first-order chi connectivity index (χ1) is 12.8. The van der Waals surface area contributed by atoms with E-state index in [-0.39, 0.29) is 24.0 Å². The maximum Gasteiger partial charge on any atom is 0.418 e. The van der Waals surface area contributed by atoms with E-state index in [1.807, 2.05) is 0 Å². The van der Waals surface area contributed by atoms with Gasteiger partial charge in [0.2, 0.25) is 5.91 Å². The standard InChI is InChI=1S/C19H23F3N4O/c1-12-8-13(25-9-17(27)23-2)11-26(10-12)16-6-5-15(19(20,21)22)18-14(16)4-3-7-24-18/h3-7,12-13,25H,8-11H2,1-2H3,(H,23,27)/t12-,13+/m0/s1. The van der Waals surface area contributed by atoms with Crippen molar-refractivity contribution in [2.24, 2.45) is 5.92 Å². The maximum absolute atomic E-state index is 13.3. The fourth-order valence-electron chi connectivity index (χ4n) is 3.68. The van der Waals surface area contributed by atoms with Crippen molar-refractivity contribution in [2.75, 3.05) is 31.6 Å². The van der Waals surface area contributed by atoms with E-state index >= 15 is 0 Å². The molecule has 3 rings (SSSR count). The zero-order chi connectivity index (χ0) is 19.6. The molecule has 5 nitrogen and oxygen atoms in total. The van der Waals surface area contributed by atoms with Crippen LogP contribution in [0.2, 0.25) is 0 Å². The highest BCUT2D eigenvalue weighted by molar-refractivity contribution is 5.94. The van der Waals surface area contributed by atoms with Gasteiger partial charge in [0.05, 0.1) is 17.6 Å². The normalized spacial score (nSPS) is 20.7. The third kappa shape index (κ3) is 4.32. The molecule has 1 amide bonds. The Morgan fingerprint density at radius 1 is 1.30 bits per heavy atom. The molecule has 27 heavy (non-hydrogen) atoms. The fraction of sp³-hybridized carbons (Fsp3) is 0.474. The minimum atomic E-state index is -4.45. The molecule has 0 spiro atoms. The molecule has 2 heterocycles. The minimum Gasteiger partial charge on any atom is -0.369 e. The van der Waals surface area contributed by atoms with Crippen LogP contribution < -0.4 is 15.5 Å². The van der Waals surface area contributed by atoms with Crippen LogP contribution in [0.25, 0.3) is 10.9 Å². The Balaban J connectivity index is 1.91. The zero-order valence-electron chi connectivity index (χ0n) is 15.3. The Kier molecular flexibility index (Phi) is 5.55. The van der Waals surface area contributed by atoms with Gasteiger partial charge in [-0.25, -0.2) is 0 Å². The van der Waals surface area contributed by atoms with Gasteiger partial charge in [-0.05, 0) is 36.6 Å². The van der Waals surface area contributed by atoms with Gasteiger partial charge in [0.15, 0.2) is 0 Å². The number of aromatic nitrogens is 1. The van der Waals surface area contributed by atoms with Crippen molar-refractivity contribution in [3.05, 3.63) is 36.0 Å². The molecule has 146 valence electrons. The van der Waals surface area contributed by atoms with E-state index in [0.29, 0.717) is 17.8 Å². The molecular formula is C19H23F3N4O. The van der Waals surface area contributed by atoms with E-state index in [1.165, 1.54) is 12.3 Å². The number of carbonyl (C=O) groups is 1. The molecule has 1 aromatic carbocycles. The number of halogens is 3. The van der Waals surface area contributed by atoms with Crippen molar-refractivity contribution in [1.82, 2.24) is 15.6 Å². The number of anilines is 1. The lowest BCUT2D eigenvalue weighted by Crippen LogP contribution is -2.50. The minimum absolute atomic E-state index is 0.0319.